The fourth-order valence-electron chi connectivity index (χ4n) is 1.20. The summed E-state index contributed by atoms with van der Waals surface area (Å²) in [6.07, 6.45) is 2.16. The number of aromatic nitrogens is 1. The second-order valence-corrected chi connectivity index (χ2v) is 2.59. The minimum Gasteiger partial charge on any atom is -0.477 e. The highest BCUT2D eigenvalue weighted by atomic mass is 16.4. The second kappa shape index (κ2) is 2.81. The van der Waals surface area contributed by atoms with E-state index in [0.717, 1.165) is 0 Å². The predicted molar refractivity (Wildman–Crippen MR) is 42.5 cm³/mol. The van der Waals surface area contributed by atoms with Crippen molar-refractivity contribution in [3.05, 3.63) is 23.0 Å². The SMILES string of the molecule is Cc1c(C=O)cn(C)c1C(=O)O. The van der Waals surface area contributed by atoms with Gasteiger partial charge in [-0.05, 0) is 12.5 Å². The van der Waals surface area contributed by atoms with Crippen LogP contribution >= 0.6 is 0 Å². The van der Waals surface area contributed by atoms with Gasteiger partial charge in [0.15, 0.2) is 6.29 Å². The van der Waals surface area contributed by atoms with Gasteiger partial charge in [-0.1, -0.05) is 0 Å². The highest BCUT2D eigenvalue weighted by Crippen LogP contribution is 2.13. The summed E-state index contributed by atoms with van der Waals surface area (Å²) in [5.41, 5.74) is 1.10. The van der Waals surface area contributed by atoms with Crippen LogP contribution in [0.4, 0.5) is 0 Å². The zero-order chi connectivity index (χ0) is 9.30. The van der Waals surface area contributed by atoms with Crippen molar-refractivity contribution in [2.75, 3.05) is 0 Å². The standard InChI is InChI=1S/C8H9NO3/c1-5-6(4-10)3-9(2)7(5)8(11)12/h3-4H,1-2H3,(H,11,12). The Morgan fingerprint density at radius 3 is 2.50 bits per heavy atom. The summed E-state index contributed by atoms with van der Waals surface area (Å²) < 4.78 is 1.43. The number of aldehydes is 1. The van der Waals surface area contributed by atoms with Crippen molar-refractivity contribution in [1.82, 2.24) is 4.57 Å². The third kappa shape index (κ3) is 1.11. The van der Waals surface area contributed by atoms with E-state index in [0.29, 0.717) is 17.4 Å². The summed E-state index contributed by atoms with van der Waals surface area (Å²) in [6.45, 7) is 1.62. The lowest BCUT2D eigenvalue weighted by Gasteiger charge is -1.96. The summed E-state index contributed by atoms with van der Waals surface area (Å²) in [5.74, 6) is -1.01. The summed E-state index contributed by atoms with van der Waals surface area (Å²) in [5, 5.41) is 8.72. The van der Waals surface area contributed by atoms with Crippen LogP contribution in [0.2, 0.25) is 0 Å². The van der Waals surface area contributed by atoms with E-state index in [9.17, 15) is 9.59 Å². The predicted octanol–water partition coefficient (Wildman–Crippen LogP) is 0.844. The molecule has 4 heteroatoms. The Bertz CT molecular complexity index is 338. The Labute approximate surface area is 69.4 Å². The number of carboxylic acids is 1. The maximum absolute atomic E-state index is 10.6. The Morgan fingerprint density at radius 1 is 1.67 bits per heavy atom. The summed E-state index contributed by atoms with van der Waals surface area (Å²) in [7, 11) is 1.60. The number of hydrogen-bond acceptors (Lipinski definition) is 2. The summed E-state index contributed by atoms with van der Waals surface area (Å²) in [4.78, 5) is 21.0. The highest BCUT2D eigenvalue weighted by Gasteiger charge is 2.15. The van der Waals surface area contributed by atoms with E-state index in [1.54, 1.807) is 14.0 Å². The van der Waals surface area contributed by atoms with Gasteiger partial charge in [0.25, 0.3) is 0 Å². The Kier molecular flexibility index (Phi) is 1.99. The third-order valence-corrected chi connectivity index (χ3v) is 1.80. The molecule has 0 radical (unpaired) electrons. The van der Waals surface area contributed by atoms with E-state index in [1.165, 1.54) is 10.8 Å². The molecule has 1 aromatic rings. The maximum Gasteiger partial charge on any atom is 0.352 e. The average molecular weight is 167 g/mol. The molecule has 64 valence electrons. The van der Waals surface area contributed by atoms with Crippen LogP contribution in [0, 0.1) is 6.92 Å². The van der Waals surface area contributed by atoms with Crippen molar-refractivity contribution in [1.29, 1.82) is 0 Å². The first kappa shape index (κ1) is 8.52. The number of carboxylic acid groups (broad SMARTS) is 1. The molecule has 0 spiro atoms. The Balaban J connectivity index is 3.37. The van der Waals surface area contributed by atoms with Crippen LogP contribution in [-0.2, 0) is 7.05 Å². The molecule has 0 aliphatic carbocycles. The van der Waals surface area contributed by atoms with Crippen LogP contribution in [0.3, 0.4) is 0 Å². The lowest BCUT2D eigenvalue weighted by molar-refractivity contribution is 0.0685. The van der Waals surface area contributed by atoms with E-state index in [-0.39, 0.29) is 5.69 Å². The molecule has 0 bridgehead atoms. The molecule has 0 saturated heterocycles. The first-order valence-electron chi connectivity index (χ1n) is 3.42. The lowest BCUT2D eigenvalue weighted by Crippen LogP contribution is -2.05. The molecular weight excluding hydrogens is 158 g/mol. The molecule has 12 heavy (non-hydrogen) atoms. The van der Waals surface area contributed by atoms with Gasteiger partial charge >= 0.3 is 5.97 Å². The number of rotatable bonds is 2. The van der Waals surface area contributed by atoms with Crippen LogP contribution in [-0.4, -0.2) is 21.9 Å². The third-order valence-electron chi connectivity index (χ3n) is 1.80. The molecule has 0 amide bonds. The molecule has 1 aromatic heterocycles. The molecule has 1 rings (SSSR count). The number of carbonyl (C=O) groups is 2. The first-order valence-corrected chi connectivity index (χ1v) is 3.42. The summed E-state index contributed by atoms with van der Waals surface area (Å²) in [6, 6.07) is 0. The fraction of sp³-hybridized carbons (Fsp3) is 0.250. The van der Waals surface area contributed by atoms with Crippen molar-refractivity contribution in [2.24, 2.45) is 7.05 Å². The van der Waals surface area contributed by atoms with E-state index in [1.807, 2.05) is 0 Å². The average Bonchev–Trinajstić information content (AvgIpc) is 2.25. The Morgan fingerprint density at radius 2 is 2.25 bits per heavy atom. The minimum absolute atomic E-state index is 0.164. The van der Waals surface area contributed by atoms with Gasteiger partial charge in [0, 0.05) is 18.8 Å². The second-order valence-electron chi connectivity index (χ2n) is 2.59. The van der Waals surface area contributed by atoms with Crippen molar-refractivity contribution in [2.45, 2.75) is 6.92 Å². The molecule has 0 aliphatic heterocycles. The van der Waals surface area contributed by atoms with Crippen molar-refractivity contribution >= 4 is 12.3 Å². The van der Waals surface area contributed by atoms with Gasteiger partial charge in [0.2, 0.25) is 0 Å². The lowest BCUT2D eigenvalue weighted by atomic mass is 10.2. The largest absolute Gasteiger partial charge is 0.477 e. The van der Waals surface area contributed by atoms with Crippen LogP contribution in [0.5, 0.6) is 0 Å². The number of aromatic carboxylic acids is 1. The van der Waals surface area contributed by atoms with Gasteiger partial charge in [-0.3, -0.25) is 4.79 Å². The van der Waals surface area contributed by atoms with Gasteiger partial charge in [0.05, 0.1) is 0 Å². The molecule has 0 atom stereocenters. The number of carbonyl (C=O) groups excluding carboxylic acids is 1. The highest BCUT2D eigenvalue weighted by molar-refractivity contribution is 5.91. The molecule has 1 heterocycles. The Hall–Kier alpha value is -1.58. The smallest absolute Gasteiger partial charge is 0.352 e. The van der Waals surface area contributed by atoms with Gasteiger partial charge in [-0.15, -0.1) is 0 Å². The molecule has 0 aliphatic rings. The molecule has 0 unspecified atom stereocenters. The van der Waals surface area contributed by atoms with Crippen molar-refractivity contribution in [3.8, 4) is 0 Å². The molecule has 0 saturated carbocycles. The van der Waals surface area contributed by atoms with Crippen molar-refractivity contribution < 1.29 is 14.7 Å². The maximum atomic E-state index is 10.6. The van der Waals surface area contributed by atoms with Gasteiger partial charge in [-0.2, -0.15) is 0 Å². The van der Waals surface area contributed by atoms with E-state index < -0.39 is 5.97 Å². The minimum atomic E-state index is -1.01. The zero-order valence-corrected chi connectivity index (χ0v) is 6.87. The number of hydrogen-bond donors (Lipinski definition) is 1. The molecule has 1 N–H and O–H groups in total. The molecule has 4 nitrogen and oxygen atoms in total. The van der Waals surface area contributed by atoms with Gasteiger partial charge < -0.3 is 9.67 Å². The normalized spacial score (nSPS) is 9.83. The van der Waals surface area contributed by atoms with E-state index in [2.05, 4.69) is 0 Å². The monoisotopic (exact) mass is 167 g/mol. The first-order chi connectivity index (χ1) is 5.57. The van der Waals surface area contributed by atoms with Crippen LogP contribution < -0.4 is 0 Å². The molecular formula is C8H9NO3. The number of nitrogens with zero attached hydrogens (tertiary/aromatic N) is 1. The van der Waals surface area contributed by atoms with Gasteiger partial charge in [-0.25, -0.2) is 4.79 Å². The fourth-order valence-corrected chi connectivity index (χ4v) is 1.20. The van der Waals surface area contributed by atoms with Crippen LogP contribution in [0.15, 0.2) is 6.20 Å². The summed E-state index contributed by atoms with van der Waals surface area (Å²) >= 11 is 0. The van der Waals surface area contributed by atoms with Crippen LogP contribution in [0.25, 0.3) is 0 Å². The van der Waals surface area contributed by atoms with Crippen LogP contribution in [0.1, 0.15) is 26.4 Å². The molecule has 0 aromatic carbocycles. The van der Waals surface area contributed by atoms with Crippen molar-refractivity contribution in [3.63, 3.8) is 0 Å². The quantitative estimate of drug-likeness (QED) is 0.664. The number of aryl methyl sites for hydroxylation is 1. The van der Waals surface area contributed by atoms with E-state index >= 15 is 0 Å². The molecule has 0 fully saturated rings. The topological polar surface area (TPSA) is 59.3 Å². The zero-order valence-electron chi connectivity index (χ0n) is 6.87. The van der Waals surface area contributed by atoms with Gasteiger partial charge in [0.1, 0.15) is 5.69 Å². The van der Waals surface area contributed by atoms with E-state index in [4.69, 9.17) is 5.11 Å².